The Morgan fingerprint density at radius 3 is 1.29 bits per heavy atom. The molecule has 0 saturated carbocycles. The molecule has 4 bridgehead atoms. The molecule has 0 unspecified atom stereocenters. The Morgan fingerprint density at radius 2 is 0.875 bits per heavy atom. The molecule has 0 saturated heterocycles. The van der Waals surface area contributed by atoms with Gasteiger partial charge in [0.25, 0.3) is 0 Å². The highest BCUT2D eigenvalue weighted by Crippen LogP contribution is 2.36. The van der Waals surface area contributed by atoms with Crippen LogP contribution in [0.5, 0.6) is 0 Å². The van der Waals surface area contributed by atoms with E-state index in [1.54, 1.807) is 26.0 Å². The zero-order valence-electron chi connectivity index (χ0n) is 12.8. The quantitative estimate of drug-likeness (QED) is 0.547. The van der Waals surface area contributed by atoms with Gasteiger partial charge in [0.1, 0.15) is 0 Å². The van der Waals surface area contributed by atoms with Crippen molar-refractivity contribution in [2.75, 3.05) is 0 Å². The van der Waals surface area contributed by atoms with Crippen LogP contribution in [-0.2, 0) is 9.47 Å². The summed E-state index contributed by atoms with van der Waals surface area (Å²) in [7, 11) is 0. The van der Waals surface area contributed by atoms with Gasteiger partial charge in [-0.2, -0.15) is 0 Å². The molecule has 2 aliphatic rings. The lowest BCUT2D eigenvalue weighted by Crippen LogP contribution is -2.24. The smallest absolute Gasteiger partial charge is 0.347 e. The van der Waals surface area contributed by atoms with Gasteiger partial charge in [-0.05, 0) is 48.2 Å². The molecule has 0 radical (unpaired) electrons. The molecular formula is C18H10O6. The van der Waals surface area contributed by atoms with Crippen molar-refractivity contribution in [2.45, 2.75) is 13.8 Å². The summed E-state index contributed by atoms with van der Waals surface area (Å²) in [6, 6.07) is 6.14. The third kappa shape index (κ3) is 1.70. The standard InChI is InChI=1S/C18H10O6/c1-7-9-3-5-11-13(7)17(21)24-18(22)14-8(2)10(9)4-6-12(14)16(20)23-15(11)19/h3-6H,1-2H3. The van der Waals surface area contributed by atoms with Gasteiger partial charge in [0.15, 0.2) is 0 Å². The van der Waals surface area contributed by atoms with Crippen LogP contribution in [0.25, 0.3) is 11.1 Å². The van der Waals surface area contributed by atoms with Crippen LogP contribution in [0, 0.1) is 13.8 Å². The molecular weight excluding hydrogens is 312 g/mol. The molecule has 6 heteroatoms. The topological polar surface area (TPSA) is 86.7 Å². The minimum Gasteiger partial charge on any atom is -0.386 e. The van der Waals surface area contributed by atoms with Crippen LogP contribution < -0.4 is 0 Å². The SMILES string of the molecule is Cc1c2ccc3c1C(=O)OC(=O)c1c(ccc-2c1C)C(=O)OC3=O. The molecule has 0 amide bonds. The van der Waals surface area contributed by atoms with E-state index in [4.69, 9.17) is 9.47 Å². The fraction of sp³-hybridized carbons (Fsp3) is 0.111. The highest BCUT2D eigenvalue weighted by atomic mass is 16.6. The number of cyclic esters (lactones) is 2. The van der Waals surface area contributed by atoms with Gasteiger partial charge in [0.2, 0.25) is 0 Å². The van der Waals surface area contributed by atoms with Gasteiger partial charge in [-0.1, -0.05) is 12.1 Å². The lowest BCUT2D eigenvalue weighted by molar-refractivity contribution is 0.0333. The van der Waals surface area contributed by atoms with Crippen molar-refractivity contribution >= 4 is 23.9 Å². The Labute approximate surface area is 136 Å². The molecule has 0 fully saturated rings. The normalized spacial score (nSPS) is 15.2. The average Bonchev–Trinajstić information content (AvgIpc) is 2.56. The highest BCUT2D eigenvalue weighted by Gasteiger charge is 2.35. The molecule has 0 atom stereocenters. The number of carbonyl (C=O) groups is 4. The van der Waals surface area contributed by atoms with Crippen molar-refractivity contribution in [3.05, 3.63) is 57.6 Å². The predicted molar refractivity (Wildman–Crippen MR) is 80.8 cm³/mol. The van der Waals surface area contributed by atoms with E-state index in [1.807, 2.05) is 0 Å². The summed E-state index contributed by atoms with van der Waals surface area (Å²) in [6.45, 7) is 3.32. The van der Waals surface area contributed by atoms with Crippen molar-refractivity contribution in [3.63, 3.8) is 0 Å². The third-order valence-corrected chi connectivity index (χ3v) is 4.44. The molecule has 0 aromatic heterocycles. The van der Waals surface area contributed by atoms with Crippen LogP contribution >= 0.6 is 0 Å². The monoisotopic (exact) mass is 322 g/mol. The minimum atomic E-state index is -0.954. The number of rotatable bonds is 0. The number of hydrogen-bond acceptors (Lipinski definition) is 6. The number of carbonyl (C=O) groups excluding carboxylic acids is 4. The maximum atomic E-state index is 12.5. The lowest BCUT2D eigenvalue weighted by atomic mass is 9.89. The molecule has 4 rings (SSSR count). The summed E-state index contributed by atoms with van der Waals surface area (Å²) in [5.41, 5.74) is 2.01. The fourth-order valence-corrected chi connectivity index (χ4v) is 3.25. The van der Waals surface area contributed by atoms with E-state index in [0.717, 1.165) is 0 Å². The first-order valence-electron chi connectivity index (χ1n) is 7.20. The van der Waals surface area contributed by atoms with Crippen LogP contribution in [-0.4, -0.2) is 23.9 Å². The van der Waals surface area contributed by atoms with E-state index in [9.17, 15) is 19.2 Å². The highest BCUT2D eigenvalue weighted by molar-refractivity contribution is 6.17. The third-order valence-electron chi connectivity index (χ3n) is 4.44. The second-order valence-electron chi connectivity index (χ2n) is 5.68. The zero-order chi connectivity index (χ0) is 17.2. The van der Waals surface area contributed by atoms with E-state index >= 15 is 0 Å². The molecule has 2 aromatic rings. The first-order chi connectivity index (χ1) is 11.4. The van der Waals surface area contributed by atoms with Crippen molar-refractivity contribution in [3.8, 4) is 11.1 Å². The Bertz CT molecular complexity index is 920. The van der Waals surface area contributed by atoms with Gasteiger partial charge < -0.3 is 9.47 Å². The van der Waals surface area contributed by atoms with E-state index in [0.29, 0.717) is 22.3 Å². The molecule has 24 heavy (non-hydrogen) atoms. The molecule has 2 aliphatic heterocycles. The zero-order valence-corrected chi connectivity index (χ0v) is 12.8. The van der Waals surface area contributed by atoms with Crippen LogP contribution in [0.4, 0.5) is 0 Å². The van der Waals surface area contributed by atoms with Gasteiger partial charge in [-0.15, -0.1) is 0 Å². The largest absolute Gasteiger partial charge is 0.386 e. The van der Waals surface area contributed by atoms with Crippen molar-refractivity contribution in [1.82, 2.24) is 0 Å². The van der Waals surface area contributed by atoms with Crippen molar-refractivity contribution in [2.24, 2.45) is 0 Å². The average molecular weight is 322 g/mol. The van der Waals surface area contributed by atoms with Gasteiger partial charge in [0, 0.05) is 0 Å². The number of fused-ring (bicyclic) bond motifs is 5. The first-order valence-corrected chi connectivity index (χ1v) is 7.20. The summed E-state index contributed by atoms with van der Waals surface area (Å²) in [5, 5.41) is 0. The summed E-state index contributed by atoms with van der Waals surface area (Å²) in [5.74, 6) is -3.78. The van der Waals surface area contributed by atoms with Crippen LogP contribution in [0.15, 0.2) is 24.3 Å². The number of hydrogen-bond donors (Lipinski definition) is 0. The Morgan fingerprint density at radius 1 is 0.542 bits per heavy atom. The fourth-order valence-electron chi connectivity index (χ4n) is 3.25. The summed E-state index contributed by atoms with van der Waals surface area (Å²) in [4.78, 5) is 49.5. The minimum absolute atomic E-state index is 0.0658. The lowest BCUT2D eigenvalue weighted by Gasteiger charge is -2.13. The maximum absolute atomic E-state index is 12.5. The van der Waals surface area contributed by atoms with Gasteiger partial charge >= 0.3 is 23.9 Å². The van der Waals surface area contributed by atoms with Crippen molar-refractivity contribution < 1.29 is 28.7 Å². The van der Waals surface area contributed by atoms with Gasteiger partial charge in [-0.25, -0.2) is 19.2 Å². The number of benzene rings is 2. The molecule has 118 valence electrons. The van der Waals surface area contributed by atoms with E-state index in [1.165, 1.54) is 12.1 Å². The van der Waals surface area contributed by atoms with Crippen molar-refractivity contribution in [1.29, 1.82) is 0 Å². The predicted octanol–water partition coefficient (Wildman–Crippen LogP) is 2.59. The Balaban J connectivity index is 2.28. The molecule has 2 aromatic carbocycles. The van der Waals surface area contributed by atoms with Gasteiger partial charge in [0.05, 0.1) is 22.3 Å². The number of ether oxygens (including phenoxy) is 2. The molecule has 0 spiro atoms. The van der Waals surface area contributed by atoms with Crippen LogP contribution in [0.3, 0.4) is 0 Å². The second-order valence-corrected chi connectivity index (χ2v) is 5.68. The number of esters is 4. The molecule has 6 nitrogen and oxygen atoms in total. The Kier molecular flexibility index (Phi) is 2.75. The van der Waals surface area contributed by atoms with Crippen LogP contribution in [0.1, 0.15) is 52.6 Å². The summed E-state index contributed by atoms with van der Waals surface area (Å²) in [6.07, 6.45) is 0. The summed E-state index contributed by atoms with van der Waals surface area (Å²) < 4.78 is 9.79. The van der Waals surface area contributed by atoms with E-state index < -0.39 is 23.9 Å². The van der Waals surface area contributed by atoms with E-state index in [-0.39, 0.29) is 22.3 Å². The Hall–Kier alpha value is -3.28. The molecule has 2 heterocycles. The molecule has 0 aliphatic carbocycles. The first kappa shape index (κ1) is 14.3. The van der Waals surface area contributed by atoms with Crippen LogP contribution in [0.2, 0.25) is 0 Å². The summed E-state index contributed by atoms with van der Waals surface area (Å²) >= 11 is 0. The maximum Gasteiger partial charge on any atom is 0.347 e. The van der Waals surface area contributed by atoms with Gasteiger partial charge in [-0.3, -0.25) is 0 Å². The molecule has 0 N–H and O–H groups in total. The second kappa shape index (κ2) is 4.61. The van der Waals surface area contributed by atoms with E-state index in [2.05, 4.69) is 0 Å².